The Morgan fingerprint density at radius 1 is 0.688 bits per heavy atom. The largest absolute Gasteiger partial charge is 0.348 e. The van der Waals surface area contributed by atoms with E-state index in [1.165, 1.54) is 5.56 Å². The molecule has 0 heterocycles. The second-order valence-corrected chi connectivity index (χ2v) is 8.65. The van der Waals surface area contributed by atoms with Crippen molar-refractivity contribution in [2.75, 3.05) is 0 Å². The van der Waals surface area contributed by atoms with Crippen LogP contribution in [0, 0.1) is 5.92 Å². The highest BCUT2D eigenvalue weighted by molar-refractivity contribution is 5.97. The fourth-order valence-corrected chi connectivity index (χ4v) is 3.70. The molecule has 0 saturated carbocycles. The van der Waals surface area contributed by atoms with E-state index in [0.29, 0.717) is 17.9 Å². The lowest BCUT2D eigenvalue weighted by Gasteiger charge is -2.22. The van der Waals surface area contributed by atoms with Crippen LogP contribution in [0.25, 0.3) is 0 Å². The van der Waals surface area contributed by atoms with Crippen molar-refractivity contribution in [3.63, 3.8) is 0 Å². The molecule has 0 spiro atoms. The van der Waals surface area contributed by atoms with Crippen LogP contribution >= 0.6 is 0 Å². The molecule has 0 fully saturated rings. The SMILES string of the molecule is CC(C)Cc1ccc([C@@H](C)NC(=O)[C@@H](Cc2ccccc2)NC(=O)c2ccccc2)cc1. The van der Waals surface area contributed by atoms with Gasteiger partial charge in [0, 0.05) is 12.0 Å². The third-order valence-electron chi connectivity index (χ3n) is 5.42. The predicted octanol–water partition coefficient (Wildman–Crippen LogP) is 5.10. The number of amides is 2. The van der Waals surface area contributed by atoms with Crippen LogP contribution in [-0.4, -0.2) is 17.9 Å². The van der Waals surface area contributed by atoms with Crippen LogP contribution in [0.2, 0.25) is 0 Å². The van der Waals surface area contributed by atoms with Gasteiger partial charge in [-0.1, -0.05) is 86.6 Å². The van der Waals surface area contributed by atoms with Gasteiger partial charge in [0.05, 0.1) is 6.04 Å². The van der Waals surface area contributed by atoms with Gasteiger partial charge in [0.15, 0.2) is 0 Å². The van der Waals surface area contributed by atoms with Crippen molar-refractivity contribution in [3.05, 3.63) is 107 Å². The summed E-state index contributed by atoms with van der Waals surface area (Å²) in [4.78, 5) is 25.9. The lowest BCUT2D eigenvalue weighted by Crippen LogP contribution is -2.48. The van der Waals surface area contributed by atoms with Crippen molar-refractivity contribution in [3.8, 4) is 0 Å². The molecule has 4 heteroatoms. The summed E-state index contributed by atoms with van der Waals surface area (Å²) in [5.74, 6) is 0.147. The highest BCUT2D eigenvalue weighted by Gasteiger charge is 2.23. The number of carbonyl (C=O) groups is 2. The number of carbonyl (C=O) groups excluding carboxylic acids is 2. The van der Waals surface area contributed by atoms with Crippen LogP contribution in [0.3, 0.4) is 0 Å². The highest BCUT2D eigenvalue weighted by atomic mass is 16.2. The minimum absolute atomic E-state index is 0.164. The van der Waals surface area contributed by atoms with E-state index in [1.807, 2.05) is 55.5 Å². The summed E-state index contributed by atoms with van der Waals surface area (Å²) in [5, 5.41) is 6.00. The molecule has 0 saturated heterocycles. The first kappa shape index (κ1) is 23.3. The molecule has 3 rings (SSSR count). The summed E-state index contributed by atoms with van der Waals surface area (Å²) in [6.45, 7) is 6.37. The van der Waals surface area contributed by atoms with Crippen LogP contribution in [0.15, 0.2) is 84.9 Å². The Morgan fingerprint density at radius 2 is 1.25 bits per heavy atom. The van der Waals surface area contributed by atoms with Crippen molar-refractivity contribution in [2.45, 2.75) is 45.7 Å². The summed E-state index contributed by atoms with van der Waals surface area (Å²) in [6.07, 6.45) is 1.46. The summed E-state index contributed by atoms with van der Waals surface area (Å²) in [6, 6.07) is 26.2. The van der Waals surface area contributed by atoms with Crippen molar-refractivity contribution >= 4 is 11.8 Å². The van der Waals surface area contributed by atoms with Crippen LogP contribution in [0.4, 0.5) is 0 Å². The van der Waals surface area contributed by atoms with E-state index in [2.05, 4.69) is 48.7 Å². The molecule has 0 aliphatic heterocycles. The molecule has 0 aliphatic carbocycles. The van der Waals surface area contributed by atoms with E-state index in [4.69, 9.17) is 0 Å². The summed E-state index contributed by atoms with van der Waals surface area (Å²) in [5.41, 5.74) is 3.86. The fourth-order valence-electron chi connectivity index (χ4n) is 3.70. The Kier molecular flexibility index (Phi) is 8.20. The van der Waals surface area contributed by atoms with Crippen molar-refractivity contribution in [1.82, 2.24) is 10.6 Å². The number of benzene rings is 3. The molecule has 2 N–H and O–H groups in total. The maximum Gasteiger partial charge on any atom is 0.251 e. The Bertz CT molecular complexity index is 999. The lowest BCUT2D eigenvalue weighted by atomic mass is 9.99. The molecule has 0 aromatic heterocycles. The third kappa shape index (κ3) is 6.81. The normalized spacial score (nSPS) is 12.8. The van der Waals surface area contributed by atoms with E-state index in [1.54, 1.807) is 12.1 Å². The van der Waals surface area contributed by atoms with Gasteiger partial charge in [-0.3, -0.25) is 9.59 Å². The topological polar surface area (TPSA) is 58.2 Å². The first-order valence-electron chi connectivity index (χ1n) is 11.2. The molecule has 4 nitrogen and oxygen atoms in total. The number of hydrogen-bond donors (Lipinski definition) is 2. The summed E-state index contributed by atoms with van der Waals surface area (Å²) in [7, 11) is 0. The Balaban J connectivity index is 1.71. The Morgan fingerprint density at radius 3 is 1.84 bits per heavy atom. The molecule has 166 valence electrons. The van der Waals surface area contributed by atoms with Gasteiger partial charge in [-0.2, -0.15) is 0 Å². The van der Waals surface area contributed by atoms with Gasteiger partial charge in [-0.15, -0.1) is 0 Å². The van der Waals surface area contributed by atoms with E-state index < -0.39 is 6.04 Å². The van der Waals surface area contributed by atoms with Gasteiger partial charge >= 0.3 is 0 Å². The van der Waals surface area contributed by atoms with Crippen molar-refractivity contribution < 1.29 is 9.59 Å². The van der Waals surface area contributed by atoms with E-state index in [9.17, 15) is 9.59 Å². The maximum absolute atomic E-state index is 13.2. The standard InChI is InChI=1S/C28H32N2O2/c1-20(2)18-23-14-16-24(17-15-23)21(3)29-28(32)26(19-22-10-6-4-7-11-22)30-27(31)25-12-8-5-9-13-25/h4-17,20-21,26H,18-19H2,1-3H3,(H,29,32)(H,30,31)/t21-,26-/m1/s1. The quantitative estimate of drug-likeness (QED) is 0.498. The van der Waals surface area contributed by atoms with E-state index in [-0.39, 0.29) is 17.9 Å². The van der Waals surface area contributed by atoms with Gasteiger partial charge in [0.25, 0.3) is 5.91 Å². The maximum atomic E-state index is 13.2. The van der Waals surface area contributed by atoms with Gasteiger partial charge in [0.1, 0.15) is 6.04 Å². The lowest BCUT2D eigenvalue weighted by molar-refractivity contribution is -0.123. The highest BCUT2D eigenvalue weighted by Crippen LogP contribution is 2.16. The number of nitrogens with one attached hydrogen (secondary N) is 2. The van der Waals surface area contributed by atoms with Crippen LogP contribution in [-0.2, 0) is 17.6 Å². The molecule has 0 aliphatic rings. The predicted molar refractivity (Wildman–Crippen MR) is 129 cm³/mol. The smallest absolute Gasteiger partial charge is 0.251 e. The molecule has 3 aromatic carbocycles. The number of rotatable bonds is 9. The molecule has 0 radical (unpaired) electrons. The Hall–Kier alpha value is -3.40. The molecular formula is C28H32N2O2. The molecule has 2 atom stereocenters. The van der Waals surface area contributed by atoms with Gasteiger partial charge < -0.3 is 10.6 Å². The molecule has 0 bridgehead atoms. The van der Waals surface area contributed by atoms with Crippen LogP contribution in [0.5, 0.6) is 0 Å². The van der Waals surface area contributed by atoms with Gasteiger partial charge in [-0.05, 0) is 48.1 Å². The molecule has 3 aromatic rings. The molecule has 2 amide bonds. The summed E-state index contributed by atoms with van der Waals surface area (Å²) < 4.78 is 0. The zero-order chi connectivity index (χ0) is 22.9. The van der Waals surface area contributed by atoms with Crippen LogP contribution in [0.1, 0.15) is 53.9 Å². The van der Waals surface area contributed by atoms with Crippen molar-refractivity contribution in [1.29, 1.82) is 0 Å². The molecule has 32 heavy (non-hydrogen) atoms. The van der Waals surface area contributed by atoms with Crippen molar-refractivity contribution in [2.24, 2.45) is 5.92 Å². The monoisotopic (exact) mass is 428 g/mol. The second-order valence-electron chi connectivity index (χ2n) is 8.65. The third-order valence-corrected chi connectivity index (χ3v) is 5.42. The van der Waals surface area contributed by atoms with E-state index >= 15 is 0 Å². The van der Waals surface area contributed by atoms with E-state index in [0.717, 1.165) is 17.5 Å². The van der Waals surface area contributed by atoms with Gasteiger partial charge in [-0.25, -0.2) is 0 Å². The zero-order valence-corrected chi connectivity index (χ0v) is 19.0. The van der Waals surface area contributed by atoms with Crippen LogP contribution < -0.4 is 10.6 Å². The Labute approximate surface area is 191 Å². The average Bonchev–Trinajstić information content (AvgIpc) is 2.80. The second kappa shape index (κ2) is 11.3. The average molecular weight is 429 g/mol. The minimum atomic E-state index is -0.673. The van der Waals surface area contributed by atoms with Gasteiger partial charge in [0.2, 0.25) is 5.91 Å². The first-order valence-corrected chi connectivity index (χ1v) is 11.2. The molecular weight excluding hydrogens is 396 g/mol. The fraction of sp³-hybridized carbons (Fsp3) is 0.286. The zero-order valence-electron chi connectivity index (χ0n) is 19.0. The molecule has 0 unspecified atom stereocenters. The first-order chi connectivity index (χ1) is 15.4. The minimum Gasteiger partial charge on any atom is -0.348 e. The number of hydrogen-bond acceptors (Lipinski definition) is 2. The summed E-state index contributed by atoms with van der Waals surface area (Å²) >= 11 is 0.